The van der Waals surface area contributed by atoms with Crippen molar-refractivity contribution in [3.8, 4) is 11.3 Å². The van der Waals surface area contributed by atoms with E-state index in [1.54, 1.807) is 24.3 Å². The zero-order chi connectivity index (χ0) is 10.8. The normalized spacial score (nSPS) is 10.2. The highest BCUT2D eigenvalue weighted by Crippen LogP contribution is 2.17. The maximum atomic E-state index is 11.0. The number of nitrogens with one attached hydrogen (secondary N) is 2. The molecule has 0 saturated heterocycles. The number of H-pyrrole nitrogens is 2. The van der Waals surface area contributed by atoms with E-state index < -0.39 is 11.2 Å². The molecule has 0 radical (unpaired) electrons. The molecule has 2 N–H and O–H groups in total. The highest BCUT2D eigenvalue weighted by atomic mass is 35.5. The van der Waals surface area contributed by atoms with Gasteiger partial charge in [-0.05, 0) is 17.7 Å². The first kappa shape index (κ1) is 9.73. The lowest BCUT2D eigenvalue weighted by Gasteiger charge is -1.99. The van der Waals surface area contributed by atoms with E-state index in [9.17, 15) is 9.59 Å². The predicted molar refractivity (Wildman–Crippen MR) is 58.1 cm³/mol. The third-order valence-electron chi connectivity index (χ3n) is 1.92. The Morgan fingerprint density at radius 3 is 2.27 bits per heavy atom. The lowest BCUT2D eigenvalue weighted by atomic mass is 10.1. The van der Waals surface area contributed by atoms with Crippen molar-refractivity contribution in [2.24, 2.45) is 0 Å². The molecule has 0 spiro atoms. The summed E-state index contributed by atoms with van der Waals surface area (Å²) in [5.41, 5.74) is 0.263. The van der Waals surface area contributed by atoms with Gasteiger partial charge in [-0.3, -0.25) is 9.78 Å². The minimum Gasteiger partial charge on any atom is -0.307 e. The van der Waals surface area contributed by atoms with Crippen molar-refractivity contribution in [3.63, 3.8) is 0 Å². The first-order chi connectivity index (χ1) is 7.15. The molecule has 0 amide bonds. The van der Waals surface area contributed by atoms with Crippen LogP contribution < -0.4 is 11.2 Å². The lowest BCUT2D eigenvalue weighted by Crippen LogP contribution is -2.21. The Morgan fingerprint density at radius 2 is 1.67 bits per heavy atom. The maximum absolute atomic E-state index is 11.0. The molecule has 0 aliphatic rings. The number of aromatic nitrogens is 2. The van der Waals surface area contributed by atoms with Gasteiger partial charge >= 0.3 is 5.69 Å². The Balaban J connectivity index is 2.59. The first-order valence-electron chi connectivity index (χ1n) is 4.25. The van der Waals surface area contributed by atoms with Gasteiger partial charge in [-0.1, -0.05) is 23.7 Å². The topological polar surface area (TPSA) is 65.7 Å². The van der Waals surface area contributed by atoms with Crippen molar-refractivity contribution >= 4 is 11.6 Å². The van der Waals surface area contributed by atoms with E-state index in [1.807, 2.05) is 0 Å². The molecule has 2 rings (SSSR count). The Morgan fingerprint density at radius 1 is 1.00 bits per heavy atom. The highest BCUT2D eigenvalue weighted by molar-refractivity contribution is 6.30. The van der Waals surface area contributed by atoms with Crippen LogP contribution in [0.4, 0.5) is 0 Å². The molecule has 1 aromatic heterocycles. The number of hydrogen-bond donors (Lipinski definition) is 2. The SMILES string of the molecule is O=c1cc(-c2ccc(Cl)cc2)[nH]c(=O)[nH]1. The minimum absolute atomic E-state index is 0.427. The van der Waals surface area contributed by atoms with Crippen molar-refractivity contribution in [2.75, 3.05) is 0 Å². The third kappa shape index (κ3) is 2.16. The van der Waals surface area contributed by atoms with E-state index in [-0.39, 0.29) is 0 Å². The summed E-state index contributed by atoms with van der Waals surface area (Å²) in [4.78, 5) is 26.7. The molecule has 0 bridgehead atoms. The fourth-order valence-electron chi connectivity index (χ4n) is 1.25. The van der Waals surface area contributed by atoms with Gasteiger partial charge in [0.25, 0.3) is 5.56 Å². The molecule has 76 valence electrons. The Bertz CT molecular complexity index is 555. The summed E-state index contributed by atoms with van der Waals surface area (Å²) in [6.45, 7) is 0. The lowest BCUT2D eigenvalue weighted by molar-refractivity contribution is 1.04. The standard InChI is InChI=1S/C10H7ClN2O2/c11-7-3-1-6(2-4-7)8-5-9(14)13-10(15)12-8/h1-5H,(H2,12,13,14,15). The van der Waals surface area contributed by atoms with Crippen LogP contribution in [0.2, 0.25) is 5.02 Å². The van der Waals surface area contributed by atoms with Gasteiger partial charge in [0.15, 0.2) is 0 Å². The molecule has 0 atom stereocenters. The summed E-state index contributed by atoms with van der Waals surface area (Å²) in [6, 6.07) is 8.16. The van der Waals surface area contributed by atoms with Crippen molar-refractivity contribution in [2.45, 2.75) is 0 Å². The minimum atomic E-state index is -0.521. The predicted octanol–water partition coefficient (Wildman–Crippen LogP) is 1.38. The quantitative estimate of drug-likeness (QED) is 0.766. The van der Waals surface area contributed by atoms with Crippen LogP contribution in [-0.4, -0.2) is 9.97 Å². The maximum Gasteiger partial charge on any atom is 0.326 e. The van der Waals surface area contributed by atoms with E-state index in [0.29, 0.717) is 10.7 Å². The zero-order valence-corrected chi connectivity index (χ0v) is 8.34. The summed E-state index contributed by atoms with van der Waals surface area (Å²) >= 11 is 5.72. The molecule has 15 heavy (non-hydrogen) atoms. The summed E-state index contributed by atoms with van der Waals surface area (Å²) in [7, 11) is 0. The molecule has 0 unspecified atom stereocenters. The fourth-order valence-corrected chi connectivity index (χ4v) is 1.38. The van der Waals surface area contributed by atoms with Crippen LogP contribution in [-0.2, 0) is 0 Å². The van der Waals surface area contributed by atoms with Crippen LogP contribution in [0.3, 0.4) is 0 Å². The molecule has 0 aliphatic carbocycles. The number of hydrogen-bond acceptors (Lipinski definition) is 2. The Kier molecular flexibility index (Phi) is 2.43. The van der Waals surface area contributed by atoms with Crippen molar-refractivity contribution in [1.29, 1.82) is 0 Å². The third-order valence-corrected chi connectivity index (χ3v) is 2.17. The van der Waals surface area contributed by atoms with Crippen LogP contribution in [0.5, 0.6) is 0 Å². The van der Waals surface area contributed by atoms with E-state index in [2.05, 4.69) is 9.97 Å². The van der Waals surface area contributed by atoms with Crippen LogP contribution in [0, 0.1) is 0 Å². The number of halogens is 1. The van der Waals surface area contributed by atoms with Gasteiger partial charge in [-0.2, -0.15) is 0 Å². The van der Waals surface area contributed by atoms with Gasteiger partial charge in [0.1, 0.15) is 0 Å². The first-order valence-corrected chi connectivity index (χ1v) is 4.62. The summed E-state index contributed by atoms with van der Waals surface area (Å²) < 4.78 is 0. The van der Waals surface area contributed by atoms with E-state index in [0.717, 1.165) is 5.56 Å². The second kappa shape index (κ2) is 3.74. The average molecular weight is 223 g/mol. The summed E-state index contributed by atoms with van der Waals surface area (Å²) in [5.74, 6) is 0. The second-order valence-electron chi connectivity index (χ2n) is 3.01. The molecule has 1 aromatic carbocycles. The summed E-state index contributed by atoms with van der Waals surface area (Å²) in [6.07, 6.45) is 0. The Labute approximate surface area is 89.6 Å². The van der Waals surface area contributed by atoms with Crippen molar-refractivity contribution < 1.29 is 0 Å². The number of benzene rings is 1. The molecule has 0 fully saturated rings. The monoisotopic (exact) mass is 222 g/mol. The largest absolute Gasteiger partial charge is 0.326 e. The van der Waals surface area contributed by atoms with E-state index in [4.69, 9.17) is 11.6 Å². The molecule has 2 aromatic rings. The Hall–Kier alpha value is -1.81. The van der Waals surface area contributed by atoms with Crippen molar-refractivity contribution in [3.05, 3.63) is 56.2 Å². The van der Waals surface area contributed by atoms with Crippen LogP contribution in [0.15, 0.2) is 39.9 Å². The molecular formula is C10H7ClN2O2. The van der Waals surface area contributed by atoms with E-state index in [1.165, 1.54) is 6.07 Å². The number of aromatic amines is 2. The van der Waals surface area contributed by atoms with Crippen LogP contribution >= 0.6 is 11.6 Å². The molecule has 1 heterocycles. The van der Waals surface area contributed by atoms with Crippen LogP contribution in [0.1, 0.15) is 0 Å². The van der Waals surface area contributed by atoms with Gasteiger partial charge in [0.05, 0.1) is 5.69 Å². The highest BCUT2D eigenvalue weighted by Gasteiger charge is 1.99. The second-order valence-corrected chi connectivity index (χ2v) is 3.44. The zero-order valence-electron chi connectivity index (χ0n) is 7.58. The molecule has 0 saturated carbocycles. The van der Waals surface area contributed by atoms with Gasteiger partial charge in [0, 0.05) is 11.1 Å². The molecule has 0 aliphatic heterocycles. The van der Waals surface area contributed by atoms with Gasteiger partial charge in [-0.15, -0.1) is 0 Å². The van der Waals surface area contributed by atoms with Gasteiger partial charge in [0.2, 0.25) is 0 Å². The van der Waals surface area contributed by atoms with E-state index >= 15 is 0 Å². The fraction of sp³-hybridized carbons (Fsp3) is 0. The average Bonchev–Trinajstić information content (AvgIpc) is 2.17. The molecule has 5 heteroatoms. The van der Waals surface area contributed by atoms with Crippen LogP contribution in [0.25, 0.3) is 11.3 Å². The van der Waals surface area contributed by atoms with Gasteiger partial charge < -0.3 is 4.98 Å². The van der Waals surface area contributed by atoms with Crippen molar-refractivity contribution in [1.82, 2.24) is 9.97 Å². The smallest absolute Gasteiger partial charge is 0.307 e. The number of rotatable bonds is 1. The molecular weight excluding hydrogens is 216 g/mol. The van der Waals surface area contributed by atoms with Gasteiger partial charge in [-0.25, -0.2) is 4.79 Å². The molecule has 4 nitrogen and oxygen atoms in total. The summed E-state index contributed by atoms with van der Waals surface area (Å²) in [5, 5.41) is 0.603.